The van der Waals surface area contributed by atoms with Gasteiger partial charge in [0, 0.05) is 10.5 Å². The Balaban J connectivity index is 1.72. The summed E-state index contributed by atoms with van der Waals surface area (Å²) in [5, 5.41) is 3.45. The van der Waals surface area contributed by atoms with Crippen molar-refractivity contribution < 1.29 is 0 Å². The Morgan fingerprint density at radius 1 is 1.29 bits per heavy atom. The van der Waals surface area contributed by atoms with Gasteiger partial charge in [-0.2, -0.15) is 0 Å². The van der Waals surface area contributed by atoms with E-state index in [1.165, 1.54) is 18.4 Å². The van der Waals surface area contributed by atoms with Gasteiger partial charge in [0.2, 0.25) is 0 Å². The van der Waals surface area contributed by atoms with Gasteiger partial charge in [-0.05, 0) is 30.5 Å². The van der Waals surface area contributed by atoms with Crippen LogP contribution in [-0.4, -0.2) is 16.0 Å². The summed E-state index contributed by atoms with van der Waals surface area (Å²) < 4.78 is 1.09. The van der Waals surface area contributed by atoms with E-state index in [4.69, 9.17) is 0 Å². The number of imidazole rings is 1. The van der Waals surface area contributed by atoms with Crippen molar-refractivity contribution in [1.82, 2.24) is 15.3 Å². The molecule has 3 nitrogen and oxygen atoms in total. The van der Waals surface area contributed by atoms with E-state index in [1.807, 2.05) is 18.3 Å². The minimum absolute atomic E-state index is 0.719. The normalized spacial score (nSPS) is 15.1. The first kappa shape index (κ1) is 11.0. The molecular formula is C13H14BrN3. The van der Waals surface area contributed by atoms with Crippen LogP contribution in [0.15, 0.2) is 34.9 Å². The number of aromatic nitrogens is 2. The number of hydrogen-bond donors (Lipinski definition) is 2. The molecule has 1 heterocycles. The highest BCUT2D eigenvalue weighted by Crippen LogP contribution is 2.21. The Labute approximate surface area is 109 Å². The van der Waals surface area contributed by atoms with Crippen LogP contribution in [0, 0.1) is 0 Å². The second kappa shape index (κ2) is 4.63. The molecule has 0 amide bonds. The zero-order valence-corrected chi connectivity index (χ0v) is 11.0. The predicted octanol–water partition coefficient (Wildman–Crippen LogP) is 3.09. The SMILES string of the molecule is Brc1ccc(-c2cnc(CNC3CC3)[nH]2)cc1. The molecule has 0 bridgehead atoms. The van der Waals surface area contributed by atoms with Gasteiger partial charge in [-0.1, -0.05) is 28.1 Å². The Kier molecular flexibility index (Phi) is 2.99. The fourth-order valence-corrected chi connectivity index (χ4v) is 2.02. The van der Waals surface area contributed by atoms with Gasteiger partial charge in [-0.15, -0.1) is 0 Å². The maximum absolute atomic E-state index is 4.38. The van der Waals surface area contributed by atoms with Crippen LogP contribution in [0.25, 0.3) is 11.3 Å². The third-order valence-electron chi connectivity index (χ3n) is 2.92. The minimum atomic E-state index is 0.719. The molecule has 1 aromatic heterocycles. The lowest BCUT2D eigenvalue weighted by Gasteiger charge is -1.99. The number of aromatic amines is 1. The van der Waals surface area contributed by atoms with E-state index in [9.17, 15) is 0 Å². The van der Waals surface area contributed by atoms with Crippen molar-refractivity contribution in [2.75, 3.05) is 0 Å². The van der Waals surface area contributed by atoms with E-state index in [1.54, 1.807) is 0 Å². The second-order valence-electron chi connectivity index (χ2n) is 4.41. The Morgan fingerprint density at radius 3 is 2.76 bits per heavy atom. The van der Waals surface area contributed by atoms with Crippen molar-refractivity contribution in [2.24, 2.45) is 0 Å². The van der Waals surface area contributed by atoms with Crippen molar-refractivity contribution in [3.8, 4) is 11.3 Å². The monoisotopic (exact) mass is 291 g/mol. The van der Waals surface area contributed by atoms with Gasteiger partial charge < -0.3 is 10.3 Å². The lowest BCUT2D eigenvalue weighted by atomic mass is 10.2. The maximum atomic E-state index is 4.38. The standard InChI is InChI=1S/C13H14BrN3/c14-10-3-1-9(2-4-10)12-7-16-13(17-12)8-15-11-5-6-11/h1-4,7,11,15H,5-6,8H2,(H,16,17). The van der Waals surface area contributed by atoms with Crippen LogP contribution in [0.3, 0.4) is 0 Å². The van der Waals surface area contributed by atoms with E-state index in [0.717, 1.165) is 28.6 Å². The average molecular weight is 292 g/mol. The Hall–Kier alpha value is -1.13. The molecule has 0 aliphatic heterocycles. The van der Waals surface area contributed by atoms with Gasteiger partial charge in [0.05, 0.1) is 18.4 Å². The first-order chi connectivity index (χ1) is 8.31. The van der Waals surface area contributed by atoms with Gasteiger partial charge in [0.15, 0.2) is 0 Å². The molecule has 2 N–H and O–H groups in total. The van der Waals surface area contributed by atoms with Crippen molar-refractivity contribution in [3.05, 3.63) is 40.8 Å². The summed E-state index contributed by atoms with van der Waals surface area (Å²) in [4.78, 5) is 7.73. The molecule has 1 aliphatic rings. The number of halogens is 1. The highest BCUT2D eigenvalue weighted by Gasteiger charge is 2.20. The van der Waals surface area contributed by atoms with Gasteiger partial charge in [-0.3, -0.25) is 0 Å². The van der Waals surface area contributed by atoms with E-state index >= 15 is 0 Å². The number of benzene rings is 1. The topological polar surface area (TPSA) is 40.7 Å². The number of rotatable bonds is 4. The predicted molar refractivity (Wildman–Crippen MR) is 71.6 cm³/mol. The van der Waals surface area contributed by atoms with Crippen LogP contribution < -0.4 is 5.32 Å². The maximum Gasteiger partial charge on any atom is 0.120 e. The molecule has 4 heteroatoms. The van der Waals surface area contributed by atoms with Crippen molar-refractivity contribution >= 4 is 15.9 Å². The summed E-state index contributed by atoms with van der Waals surface area (Å²) in [7, 11) is 0. The highest BCUT2D eigenvalue weighted by molar-refractivity contribution is 9.10. The second-order valence-corrected chi connectivity index (χ2v) is 5.32. The van der Waals surface area contributed by atoms with Crippen molar-refractivity contribution in [2.45, 2.75) is 25.4 Å². The fourth-order valence-electron chi connectivity index (χ4n) is 1.76. The molecule has 0 spiro atoms. The molecule has 17 heavy (non-hydrogen) atoms. The molecular weight excluding hydrogens is 278 g/mol. The van der Waals surface area contributed by atoms with Gasteiger partial charge >= 0.3 is 0 Å². The summed E-state index contributed by atoms with van der Waals surface area (Å²) in [6.45, 7) is 0.835. The van der Waals surface area contributed by atoms with E-state index in [0.29, 0.717) is 0 Å². The van der Waals surface area contributed by atoms with Crippen LogP contribution in [0.2, 0.25) is 0 Å². The molecule has 1 fully saturated rings. The summed E-state index contributed by atoms with van der Waals surface area (Å²) in [6.07, 6.45) is 4.51. The third kappa shape index (κ3) is 2.76. The van der Waals surface area contributed by atoms with E-state index in [2.05, 4.69) is 43.3 Å². The number of nitrogens with one attached hydrogen (secondary N) is 2. The van der Waals surface area contributed by atoms with Crippen LogP contribution in [-0.2, 0) is 6.54 Å². The molecule has 0 unspecified atom stereocenters. The van der Waals surface area contributed by atoms with Gasteiger partial charge in [0.1, 0.15) is 5.82 Å². The first-order valence-corrected chi connectivity index (χ1v) is 6.64. The number of nitrogens with zero attached hydrogens (tertiary/aromatic N) is 1. The molecule has 1 aliphatic carbocycles. The zero-order valence-electron chi connectivity index (χ0n) is 9.41. The molecule has 88 valence electrons. The average Bonchev–Trinajstić information content (AvgIpc) is 3.06. The van der Waals surface area contributed by atoms with Crippen LogP contribution in [0.1, 0.15) is 18.7 Å². The molecule has 1 aromatic carbocycles. The molecule has 3 rings (SSSR count). The highest BCUT2D eigenvalue weighted by atomic mass is 79.9. The zero-order chi connectivity index (χ0) is 11.7. The lowest BCUT2D eigenvalue weighted by molar-refractivity contribution is 0.664. The lowest BCUT2D eigenvalue weighted by Crippen LogP contribution is -2.16. The molecule has 2 aromatic rings. The van der Waals surface area contributed by atoms with E-state index in [-0.39, 0.29) is 0 Å². The molecule has 1 saturated carbocycles. The first-order valence-electron chi connectivity index (χ1n) is 5.84. The van der Waals surface area contributed by atoms with Crippen LogP contribution >= 0.6 is 15.9 Å². The molecule has 0 saturated heterocycles. The fraction of sp³-hybridized carbons (Fsp3) is 0.308. The summed E-state index contributed by atoms with van der Waals surface area (Å²) in [5.74, 6) is 1.01. The summed E-state index contributed by atoms with van der Waals surface area (Å²) in [6, 6.07) is 8.96. The quantitative estimate of drug-likeness (QED) is 0.909. The Bertz CT molecular complexity index is 500. The third-order valence-corrected chi connectivity index (χ3v) is 3.45. The van der Waals surface area contributed by atoms with Gasteiger partial charge in [-0.25, -0.2) is 4.98 Å². The van der Waals surface area contributed by atoms with E-state index < -0.39 is 0 Å². The van der Waals surface area contributed by atoms with Gasteiger partial charge in [0.25, 0.3) is 0 Å². The summed E-state index contributed by atoms with van der Waals surface area (Å²) >= 11 is 3.44. The molecule has 0 atom stereocenters. The molecule has 0 radical (unpaired) electrons. The minimum Gasteiger partial charge on any atom is -0.341 e. The van der Waals surface area contributed by atoms with Crippen molar-refractivity contribution in [3.63, 3.8) is 0 Å². The Morgan fingerprint density at radius 2 is 2.06 bits per heavy atom. The largest absolute Gasteiger partial charge is 0.341 e. The number of H-pyrrole nitrogens is 1. The van der Waals surface area contributed by atoms with Crippen molar-refractivity contribution in [1.29, 1.82) is 0 Å². The smallest absolute Gasteiger partial charge is 0.120 e. The number of hydrogen-bond acceptors (Lipinski definition) is 2. The van der Waals surface area contributed by atoms with Crippen LogP contribution in [0.4, 0.5) is 0 Å². The van der Waals surface area contributed by atoms with Crippen LogP contribution in [0.5, 0.6) is 0 Å². The summed E-state index contributed by atoms with van der Waals surface area (Å²) in [5.41, 5.74) is 2.24.